The Kier molecular flexibility index (Phi) is 5.43. The topological polar surface area (TPSA) is 0 Å². The van der Waals surface area contributed by atoms with Gasteiger partial charge in [-0.15, -0.1) is 5.46 Å². The van der Waals surface area contributed by atoms with Crippen LogP contribution < -0.4 is 56.8 Å². The summed E-state index contributed by atoms with van der Waals surface area (Å²) in [5, 5.41) is 0. The van der Waals surface area contributed by atoms with Crippen LogP contribution in [0.25, 0.3) is 0 Å². The zero-order valence-corrected chi connectivity index (χ0v) is 12.0. The molecule has 0 aliphatic carbocycles. The average molecular weight is 226 g/mol. The summed E-state index contributed by atoms with van der Waals surface area (Å²) in [4.78, 5) is 0. The van der Waals surface area contributed by atoms with E-state index in [2.05, 4.69) is 0 Å². The summed E-state index contributed by atoms with van der Waals surface area (Å²) in [7, 11) is 0. The van der Waals surface area contributed by atoms with Crippen molar-refractivity contribution < 1.29 is 64.3 Å². The van der Waals surface area contributed by atoms with E-state index in [4.69, 9.17) is 0 Å². The van der Waals surface area contributed by atoms with Crippen LogP contribution in [0, 0.1) is 20.8 Å². The largest absolute Gasteiger partial charge is 1.00 e. The molecule has 1 aromatic carbocycles. The standard InChI is InChI=1S/C9H11BF3.K/c1-6-4-8(3)9(5-7(6)2)10(11,12)13;/h4-5H,1-3H3;/q-1;+1. The molecule has 0 nitrogen and oxygen atoms in total. The summed E-state index contributed by atoms with van der Waals surface area (Å²) in [5.74, 6) is 0. The maximum absolute atomic E-state index is 12.4. The maximum atomic E-state index is 12.4. The molecular weight excluding hydrogens is 215 g/mol. The van der Waals surface area contributed by atoms with Gasteiger partial charge in [0.15, 0.2) is 0 Å². The molecule has 0 aliphatic rings. The minimum absolute atomic E-state index is 0. The number of hydrogen-bond donors (Lipinski definition) is 0. The molecule has 14 heavy (non-hydrogen) atoms. The second-order valence-electron chi connectivity index (χ2n) is 3.37. The van der Waals surface area contributed by atoms with Gasteiger partial charge >= 0.3 is 58.4 Å². The number of halogens is 3. The third-order valence-electron chi connectivity index (χ3n) is 2.24. The Morgan fingerprint density at radius 2 is 1.29 bits per heavy atom. The molecule has 0 aromatic heterocycles. The number of benzene rings is 1. The summed E-state index contributed by atoms with van der Waals surface area (Å²) < 4.78 is 37.3. The molecule has 0 heterocycles. The molecule has 0 N–H and O–H groups in total. The minimum Gasteiger partial charge on any atom is -0.445 e. The Labute approximate surface area is 125 Å². The molecule has 0 spiro atoms. The van der Waals surface area contributed by atoms with Gasteiger partial charge in [-0.3, -0.25) is 0 Å². The van der Waals surface area contributed by atoms with Crippen molar-refractivity contribution in [3.63, 3.8) is 0 Å². The van der Waals surface area contributed by atoms with Gasteiger partial charge in [0.1, 0.15) is 0 Å². The third-order valence-corrected chi connectivity index (χ3v) is 2.24. The summed E-state index contributed by atoms with van der Waals surface area (Å²) in [6.07, 6.45) is 0. The minimum atomic E-state index is -4.86. The van der Waals surface area contributed by atoms with Crippen molar-refractivity contribution in [2.75, 3.05) is 0 Å². The summed E-state index contributed by atoms with van der Waals surface area (Å²) in [6.45, 7) is 0.144. The molecule has 5 heteroatoms. The van der Waals surface area contributed by atoms with Gasteiger partial charge in [0.25, 0.3) is 0 Å². The Morgan fingerprint density at radius 3 is 1.71 bits per heavy atom. The fraction of sp³-hybridized carbons (Fsp3) is 0.333. The van der Waals surface area contributed by atoms with Crippen molar-refractivity contribution in [3.05, 3.63) is 28.8 Å². The van der Waals surface area contributed by atoms with Crippen LogP contribution in [0.4, 0.5) is 12.9 Å². The first-order chi connectivity index (χ1) is 5.82. The monoisotopic (exact) mass is 226 g/mol. The maximum Gasteiger partial charge on any atom is 1.00 e. The fourth-order valence-corrected chi connectivity index (χ4v) is 1.34. The molecule has 0 aliphatic heterocycles. The normalized spacial score (nSPS) is 11.0. The molecular formula is C9H11BF3K. The van der Waals surface area contributed by atoms with E-state index in [1.807, 2.05) is 6.92 Å². The first-order valence-electron chi connectivity index (χ1n) is 4.10. The second kappa shape index (κ2) is 5.16. The van der Waals surface area contributed by atoms with Gasteiger partial charge in [0, 0.05) is 0 Å². The molecule has 72 valence electrons. The smallest absolute Gasteiger partial charge is 0.445 e. The van der Waals surface area contributed by atoms with E-state index in [-0.39, 0.29) is 51.4 Å². The van der Waals surface area contributed by atoms with E-state index in [1.165, 1.54) is 13.0 Å². The van der Waals surface area contributed by atoms with E-state index in [0.717, 1.165) is 5.56 Å². The van der Waals surface area contributed by atoms with Gasteiger partial charge in [-0.1, -0.05) is 23.3 Å². The van der Waals surface area contributed by atoms with E-state index in [1.54, 1.807) is 13.0 Å². The Balaban J connectivity index is 0.00000169. The first kappa shape index (κ1) is 14.7. The zero-order valence-electron chi connectivity index (χ0n) is 8.87. The van der Waals surface area contributed by atoms with Gasteiger partial charge in [-0.05, 0) is 26.3 Å². The molecule has 0 fully saturated rings. The fourth-order valence-electron chi connectivity index (χ4n) is 1.34. The Bertz CT molecular complexity index is 334. The van der Waals surface area contributed by atoms with Gasteiger partial charge in [-0.25, -0.2) is 0 Å². The van der Waals surface area contributed by atoms with Gasteiger partial charge in [0.2, 0.25) is 0 Å². The predicted molar refractivity (Wildman–Crippen MR) is 49.4 cm³/mol. The molecule has 0 saturated carbocycles. The molecule has 1 aromatic rings. The Morgan fingerprint density at radius 1 is 0.857 bits per heavy atom. The number of hydrogen-bond acceptors (Lipinski definition) is 0. The average Bonchev–Trinajstić information content (AvgIpc) is 1.94. The van der Waals surface area contributed by atoms with Crippen molar-refractivity contribution in [1.29, 1.82) is 0 Å². The summed E-state index contributed by atoms with van der Waals surface area (Å²) >= 11 is 0. The van der Waals surface area contributed by atoms with Crippen LogP contribution in [0.1, 0.15) is 16.7 Å². The van der Waals surface area contributed by atoms with Gasteiger partial charge in [-0.2, -0.15) is 0 Å². The quantitative estimate of drug-likeness (QED) is 0.575. The number of aryl methyl sites for hydroxylation is 3. The molecule has 0 radical (unpaired) electrons. The van der Waals surface area contributed by atoms with Crippen LogP contribution in [0.5, 0.6) is 0 Å². The van der Waals surface area contributed by atoms with Crippen molar-refractivity contribution in [2.45, 2.75) is 20.8 Å². The predicted octanol–water partition coefficient (Wildman–Crippen LogP) is -0.330. The molecule has 0 bridgehead atoms. The van der Waals surface area contributed by atoms with Crippen molar-refractivity contribution >= 4 is 12.4 Å². The molecule has 0 amide bonds. The van der Waals surface area contributed by atoms with Crippen LogP contribution in [0.2, 0.25) is 0 Å². The number of rotatable bonds is 1. The first-order valence-corrected chi connectivity index (χ1v) is 4.10. The van der Waals surface area contributed by atoms with Crippen LogP contribution >= 0.6 is 0 Å². The molecule has 0 atom stereocenters. The second-order valence-corrected chi connectivity index (χ2v) is 3.37. The van der Waals surface area contributed by atoms with E-state index < -0.39 is 12.4 Å². The molecule has 0 unspecified atom stereocenters. The summed E-state index contributed by atoms with van der Waals surface area (Å²) in [5.41, 5.74) is 1.44. The molecule has 1 rings (SSSR count). The Hall–Kier alpha value is 0.711. The van der Waals surface area contributed by atoms with E-state index in [0.29, 0.717) is 11.1 Å². The van der Waals surface area contributed by atoms with E-state index >= 15 is 0 Å². The van der Waals surface area contributed by atoms with Crippen LogP contribution in [-0.2, 0) is 0 Å². The summed E-state index contributed by atoms with van der Waals surface area (Å²) in [6, 6.07) is 2.81. The van der Waals surface area contributed by atoms with Crippen LogP contribution in [-0.4, -0.2) is 6.98 Å². The third kappa shape index (κ3) is 3.38. The SMILES string of the molecule is Cc1cc(C)c([B-](F)(F)F)cc1C.[K+]. The van der Waals surface area contributed by atoms with Gasteiger partial charge < -0.3 is 12.9 Å². The van der Waals surface area contributed by atoms with Crippen LogP contribution in [0.3, 0.4) is 0 Å². The van der Waals surface area contributed by atoms with Crippen molar-refractivity contribution in [3.8, 4) is 0 Å². The van der Waals surface area contributed by atoms with Crippen LogP contribution in [0.15, 0.2) is 12.1 Å². The van der Waals surface area contributed by atoms with E-state index in [9.17, 15) is 12.9 Å². The van der Waals surface area contributed by atoms with Crippen molar-refractivity contribution in [2.24, 2.45) is 0 Å². The van der Waals surface area contributed by atoms with Gasteiger partial charge in [0.05, 0.1) is 0 Å². The zero-order chi connectivity index (χ0) is 10.2. The van der Waals surface area contributed by atoms with Crippen molar-refractivity contribution in [1.82, 2.24) is 0 Å². The molecule has 0 saturated heterocycles.